The number of nitriles is 1. The van der Waals surface area contributed by atoms with Crippen LogP contribution in [0.25, 0.3) is 0 Å². The molecule has 1 aliphatic heterocycles. The second kappa shape index (κ2) is 55.9. The third-order valence-corrected chi connectivity index (χ3v) is 17.7. The van der Waals surface area contributed by atoms with Crippen LogP contribution in [-0.4, -0.2) is 152 Å². The Kier molecular flexibility index (Phi) is 50.0. The molecule has 0 saturated heterocycles. The predicted molar refractivity (Wildman–Crippen MR) is 451 cm³/mol. The summed E-state index contributed by atoms with van der Waals surface area (Å²) in [7, 11) is 0. The van der Waals surface area contributed by atoms with Crippen molar-refractivity contribution in [2.24, 2.45) is 23.5 Å². The summed E-state index contributed by atoms with van der Waals surface area (Å²) in [5.74, 6) is -8.24. The van der Waals surface area contributed by atoms with E-state index >= 15 is 0 Å². The highest BCUT2D eigenvalue weighted by Crippen LogP contribution is 2.22. The number of carbonyl (C=O) groups excluding carboxylic acids is 12. The maximum absolute atomic E-state index is 13.2. The van der Waals surface area contributed by atoms with E-state index in [9.17, 15) is 62.3 Å². The number of carbonyl (C=O) groups is 13. The fraction of sp³-hybridized carbons (Fsp3) is 0.506. The standard InChI is InChI=1S/C31H46N4O7S.C25H36N4O6S.C25H34N4O5S.C2H3N/c1-10-12-13-14-22(15-20(5)36)41-29(39)26(19(3)4)35-27(37)24(11-2)34-28(38)25-17-23(43-9)16-21(33-25)18-32-30(40)42-31(6,7)8;1-6-8-9-10-17(12-21(30)31)35-25(34)22(15(3)4)29-23(32)19(7-2)28-24(33)20-13-18(36-5)11-16(14-26)27-20;1-5-7-8-9-18-12-21(30)26-13-17-10-16(14-35)11-20(27-17)24(32)28-19(6-2)23(31)29-22(15(3)4)25(33)34-18;1-2-3/h11,13-14,16-17,19,22,26H,10,12,15,18H2,1-9H3,(H,32,40)(H,34,38)(H,35,37);7,9-11,13,15,17,22H,6,8,12,14,26H2,1-5H3,(H,28,33)(H,29,32)(H,30,31);6,8-11,15,18,22,35H,5,7,12-14H2,1-4H3,(H,26,30)(H,28,32)(H,29,31);1H3/b14-13+,24-11-;10-9+,19-7-;9-8+,19-6-;/t22-,26+;17-,22+;18-,22+;/m111./s1. The first-order chi connectivity index (χ1) is 55.2. The number of aliphatic carboxylic acids is 1. The van der Waals surface area contributed by atoms with Gasteiger partial charge >= 0.3 is 30.0 Å². The molecule has 0 aliphatic carbocycles. The Morgan fingerprint density at radius 3 is 1.64 bits per heavy atom. The van der Waals surface area contributed by atoms with E-state index in [1.165, 1.54) is 61.7 Å². The molecule has 2 bridgehead atoms. The van der Waals surface area contributed by atoms with E-state index in [4.69, 9.17) is 35.0 Å². The van der Waals surface area contributed by atoms with Crippen molar-refractivity contribution in [3.63, 3.8) is 0 Å². The maximum atomic E-state index is 13.2. The number of rotatable bonds is 34. The molecule has 0 unspecified atom stereocenters. The number of esters is 3. The van der Waals surface area contributed by atoms with Crippen LogP contribution in [-0.2, 0) is 87.5 Å². The molecular formula is C83H119N13O18S3. The zero-order chi connectivity index (χ0) is 88.7. The molecule has 0 radical (unpaired) electrons. The number of Topliss-reactive ketones (excluding diaryl/α,β-unsaturated/α-hetero) is 1. The van der Waals surface area contributed by atoms with Gasteiger partial charge in [-0.15, -0.1) is 23.5 Å². The highest BCUT2D eigenvalue weighted by atomic mass is 32.2. The van der Waals surface area contributed by atoms with Crippen LogP contribution in [0.15, 0.2) is 118 Å². The minimum atomic E-state index is -1.12. The number of amides is 8. The van der Waals surface area contributed by atoms with Gasteiger partial charge in [-0.3, -0.25) is 43.2 Å². The Bertz CT molecular complexity index is 4080. The van der Waals surface area contributed by atoms with Crippen molar-refractivity contribution >= 4 is 113 Å². The van der Waals surface area contributed by atoms with Crippen LogP contribution in [0, 0.1) is 29.1 Å². The number of nitrogens with one attached hydrogen (secondary N) is 8. The van der Waals surface area contributed by atoms with Crippen molar-refractivity contribution < 1.29 is 86.4 Å². The number of unbranched alkanes of at least 4 members (excludes halogenated alkanes) is 3. The van der Waals surface area contributed by atoms with Gasteiger partial charge in [0.1, 0.15) is 82.0 Å². The molecule has 11 N–H and O–H groups in total. The van der Waals surface area contributed by atoms with Crippen LogP contribution >= 0.6 is 36.2 Å². The highest BCUT2D eigenvalue weighted by molar-refractivity contribution is 7.98. The van der Waals surface area contributed by atoms with E-state index in [2.05, 4.69) is 70.1 Å². The van der Waals surface area contributed by atoms with Gasteiger partial charge in [0.25, 0.3) is 35.4 Å². The van der Waals surface area contributed by atoms with Gasteiger partial charge in [-0.25, -0.2) is 34.1 Å². The van der Waals surface area contributed by atoms with Crippen molar-refractivity contribution in [3.8, 4) is 6.07 Å². The lowest BCUT2D eigenvalue weighted by atomic mass is 10.0. The molecule has 3 aromatic rings. The second-order valence-electron chi connectivity index (χ2n) is 28.2. The second-order valence-corrected chi connectivity index (χ2v) is 30.3. The number of aromatic nitrogens is 3. The van der Waals surface area contributed by atoms with Gasteiger partial charge in [0, 0.05) is 35.4 Å². The number of ether oxygens (including phenoxy) is 4. The molecule has 34 heteroatoms. The fourth-order valence-electron chi connectivity index (χ4n) is 9.96. The lowest BCUT2D eigenvalue weighted by molar-refractivity contribution is -0.155. The Labute approximate surface area is 701 Å². The molecule has 6 atom stereocenters. The summed E-state index contributed by atoms with van der Waals surface area (Å²) in [6.45, 7) is 29.5. The number of fused-ring (bicyclic) bond motifs is 2. The molecule has 4 rings (SSSR count). The molecule has 0 spiro atoms. The first-order valence-corrected chi connectivity index (χ1v) is 41.5. The smallest absolute Gasteiger partial charge is 0.407 e. The van der Waals surface area contributed by atoms with Crippen LogP contribution in [0.5, 0.6) is 0 Å². The van der Waals surface area contributed by atoms with E-state index in [0.29, 0.717) is 29.3 Å². The number of hydrogen-bond donors (Lipinski definition) is 11. The third kappa shape index (κ3) is 41.3. The van der Waals surface area contributed by atoms with Crippen molar-refractivity contribution in [2.45, 2.75) is 253 Å². The Balaban J connectivity index is 0.000000867. The first-order valence-electron chi connectivity index (χ1n) is 38.4. The Morgan fingerprint density at radius 1 is 0.726 bits per heavy atom. The summed E-state index contributed by atoms with van der Waals surface area (Å²) in [4.78, 5) is 179. The average molecular weight is 1680 g/mol. The summed E-state index contributed by atoms with van der Waals surface area (Å²) in [6, 6.07) is 8.65. The van der Waals surface area contributed by atoms with Crippen LogP contribution in [0.1, 0.15) is 230 Å². The predicted octanol–water partition coefficient (Wildman–Crippen LogP) is 10.7. The minimum absolute atomic E-state index is 0.0205. The third-order valence-electron chi connectivity index (χ3n) is 15.9. The van der Waals surface area contributed by atoms with Gasteiger partial charge in [-0.1, -0.05) is 118 Å². The van der Waals surface area contributed by atoms with Gasteiger partial charge in [0.15, 0.2) is 0 Å². The molecule has 4 heterocycles. The molecule has 0 aromatic carbocycles. The van der Waals surface area contributed by atoms with E-state index in [1.54, 1.807) is 144 Å². The molecule has 642 valence electrons. The lowest BCUT2D eigenvalue weighted by Gasteiger charge is -2.24. The number of thioether (sulfide) groups is 2. The summed E-state index contributed by atoms with van der Waals surface area (Å²) >= 11 is 7.09. The number of alkyl carbamates (subject to hydrolysis) is 1. The molecule has 8 amide bonds. The number of ketones is 1. The van der Waals surface area contributed by atoms with Gasteiger partial charge < -0.3 is 72.3 Å². The molecule has 31 nitrogen and oxygen atoms in total. The summed E-state index contributed by atoms with van der Waals surface area (Å²) in [5, 5.41) is 37.4. The van der Waals surface area contributed by atoms with Gasteiger partial charge in [-0.2, -0.15) is 17.9 Å². The Hall–Kier alpha value is -10.5. The largest absolute Gasteiger partial charge is 0.481 e. The van der Waals surface area contributed by atoms with E-state index in [0.717, 1.165) is 47.5 Å². The number of hydrogen-bond acceptors (Lipinski definition) is 25. The number of nitrogens with zero attached hydrogens (tertiary/aromatic N) is 4. The first kappa shape index (κ1) is 105. The number of carboxylic acids is 1. The fourth-order valence-corrected chi connectivity index (χ4v) is 11.1. The topological polar surface area (TPSA) is 464 Å². The SMILES string of the molecule is C/C=C(\NC(=O)c1cc(SC)cc(CN)n1)C(=O)N[C@H](C(=O)O[C@H](/C=C/CCC)CC(=O)O)C(C)C.C/C=C(\NC(=O)c1cc(SC)cc(CNC(=O)OC(C)(C)C)n1)C(=O)N[C@H](C(=O)O[C@H](/C=C/CCC)CC(C)=O)C(C)C.C/C=C1\NC(=O)c2cc(CS)cc(n2)CNC(=O)C[C@@H](/C=C/CCC)OC(=O)[C@H](C(C)C)NC1=O.CC#N. The quantitative estimate of drug-likeness (QED) is 0.00661. The number of pyridine rings is 3. The van der Waals surface area contributed by atoms with Crippen LogP contribution < -0.4 is 48.3 Å². The lowest BCUT2D eigenvalue weighted by Crippen LogP contribution is -2.48. The highest BCUT2D eigenvalue weighted by Gasteiger charge is 2.34. The molecule has 117 heavy (non-hydrogen) atoms. The summed E-state index contributed by atoms with van der Waals surface area (Å²) in [5.41, 5.74) is 7.19. The number of thiol groups is 1. The van der Waals surface area contributed by atoms with Crippen molar-refractivity contribution in [1.82, 2.24) is 57.5 Å². The summed E-state index contributed by atoms with van der Waals surface area (Å²) < 4.78 is 21.9. The minimum Gasteiger partial charge on any atom is -0.481 e. The van der Waals surface area contributed by atoms with Crippen LogP contribution in [0.2, 0.25) is 0 Å². The molecule has 0 fully saturated rings. The van der Waals surface area contributed by atoms with E-state index < -0.39 is 114 Å². The van der Waals surface area contributed by atoms with Crippen molar-refractivity contribution in [2.75, 3.05) is 12.5 Å². The maximum Gasteiger partial charge on any atom is 0.407 e. The Morgan fingerprint density at radius 2 is 1.21 bits per heavy atom. The molecule has 0 saturated carbocycles. The van der Waals surface area contributed by atoms with Gasteiger partial charge in [-0.05, 0) is 158 Å². The molecule has 3 aromatic heterocycles. The van der Waals surface area contributed by atoms with E-state index in [1.807, 2.05) is 45.4 Å². The van der Waals surface area contributed by atoms with E-state index in [-0.39, 0.29) is 96.1 Å². The summed E-state index contributed by atoms with van der Waals surface area (Å²) in [6.07, 6.45) is 19.7. The van der Waals surface area contributed by atoms with Crippen LogP contribution in [0.3, 0.4) is 0 Å². The monoisotopic (exact) mass is 1680 g/mol. The number of cyclic esters (lactones) is 1. The number of nitrogens with two attached hydrogens (primary N) is 1. The number of carboxylic acid groups (broad SMARTS) is 1. The van der Waals surface area contributed by atoms with Gasteiger partial charge in [0.2, 0.25) is 5.91 Å². The zero-order valence-electron chi connectivity index (χ0n) is 70.6. The molecular weight excluding hydrogens is 1560 g/mol. The molecule has 1 aliphatic rings. The van der Waals surface area contributed by atoms with Crippen molar-refractivity contribution in [3.05, 3.63) is 148 Å². The normalized spacial score (nSPS) is 15.5. The average Bonchev–Trinajstić information content (AvgIpc) is 0.847. The van der Waals surface area contributed by atoms with Crippen molar-refractivity contribution in [1.29, 1.82) is 5.26 Å². The van der Waals surface area contributed by atoms with Gasteiger partial charge in [0.05, 0.1) is 49.1 Å². The number of allylic oxidation sites excluding steroid dienone is 6. The zero-order valence-corrected chi connectivity index (χ0v) is 73.1. The van der Waals surface area contributed by atoms with Crippen LogP contribution in [0.4, 0.5) is 4.79 Å².